The number of hydrogen-bond donors (Lipinski definition) is 0. The minimum Gasteiger partial charge on any atom is -0.466 e. The SMILES string of the molecule is C=CC(=O)OC[Si](C)(C)C[Si](C)CC[Si]CC(=C)C. The molecule has 0 spiro atoms. The molecule has 0 atom stereocenters. The maximum absolute atomic E-state index is 11.1. The number of rotatable bonds is 10. The van der Waals surface area contributed by atoms with Crippen LogP contribution in [0.2, 0.25) is 43.4 Å². The summed E-state index contributed by atoms with van der Waals surface area (Å²) in [6.45, 7) is 16.5. The average Bonchev–Trinajstić information content (AvgIpc) is 2.31. The molecule has 0 aliphatic carbocycles. The summed E-state index contributed by atoms with van der Waals surface area (Å²) >= 11 is 0. The van der Waals surface area contributed by atoms with Crippen molar-refractivity contribution in [2.45, 2.75) is 50.4 Å². The molecular weight excluding hydrogens is 284 g/mol. The molecule has 0 saturated carbocycles. The van der Waals surface area contributed by atoms with Gasteiger partial charge in [-0.2, -0.15) is 0 Å². The summed E-state index contributed by atoms with van der Waals surface area (Å²) in [6, 6.07) is 3.91. The van der Waals surface area contributed by atoms with Gasteiger partial charge in [0.2, 0.25) is 0 Å². The lowest BCUT2D eigenvalue weighted by molar-refractivity contribution is -0.136. The van der Waals surface area contributed by atoms with Gasteiger partial charge in [0, 0.05) is 24.4 Å². The Morgan fingerprint density at radius 2 is 2.11 bits per heavy atom. The Bertz CT molecular complexity index is 314. The minimum atomic E-state index is -1.39. The van der Waals surface area contributed by atoms with Crippen LogP contribution in [0.15, 0.2) is 24.8 Å². The second kappa shape index (κ2) is 9.50. The molecule has 0 amide bonds. The molecule has 2 nitrogen and oxygen atoms in total. The van der Waals surface area contributed by atoms with E-state index < -0.39 is 8.07 Å². The van der Waals surface area contributed by atoms with Crippen LogP contribution < -0.4 is 0 Å². The smallest absolute Gasteiger partial charge is 0.329 e. The van der Waals surface area contributed by atoms with Crippen molar-refractivity contribution in [3.63, 3.8) is 0 Å². The molecule has 0 unspecified atom stereocenters. The molecule has 3 radical (unpaired) electrons. The largest absolute Gasteiger partial charge is 0.466 e. The van der Waals surface area contributed by atoms with Crippen molar-refractivity contribution >= 4 is 32.4 Å². The second-order valence-corrected chi connectivity index (χ2v) is 15.8. The fourth-order valence-electron chi connectivity index (χ4n) is 1.89. The molecule has 0 aromatic heterocycles. The topological polar surface area (TPSA) is 26.3 Å². The first kappa shape index (κ1) is 18.6. The minimum absolute atomic E-state index is 0.276. The van der Waals surface area contributed by atoms with Crippen LogP contribution in [0.5, 0.6) is 0 Å². The van der Waals surface area contributed by atoms with Crippen LogP contribution in [-0.4, -0.2) is 38.6 Å². The van der Waals surface area contributed by atoms with E-state index in [4.69, 9.17) is 4.74 Å². The van der Waals surface area contributed by atoms with Crippen LogP contribution in [0.3, 0.4) is 0 Å². The first-order chi connectivity index (χ1) is 8.76. The monoisotopic (exact) mass is 311 g/mol. The Hall–Kier alpha value is -0.399. The molecule has 0 fully saturated rings. The van der Waals surface area contributed by atoms with E-state index in [0.717, 1.165) is 9.52 Å². The number of esters is 1. The van der Waals surface area contributed by atoms with E-state index >= 15 is 0 Å². The summed E-state index contributed by atoms with van der Waals surface area (Å²) in [5.74, 6) is -0.284. The van der Waals surface area contributed by atoms with Crippen molar-refractivity contribution in [1.82, 2.24) is 0 Å². The Morgan fingerprint density at radius 1 is 1.47 bits per heavy atom. The molecule has 107 valence electrons. The third-order valence-electron chi connectivity index (χ3n) is 2.71. The number of carbonyl (C=O) groups excluding carboxylic acids is 1. The molecule has 0 heterocycles. The molecule has 0 aliphatic heterocycles. The van der Waals surface area contributed by atoms with Crippen molar-refractivity contribution in [1.29, 1.82) is 0 Å². The van der Waals surface area contributed by atoms with Crippen molar-refractivity contribution in [2.75, 3.05) is 6.23 Å². The molecule has 0 N–H and O–H groups in total. The Morgan fingerprint density at radius 3 is 2.63 bits per heavy atom. The van der Waals surface area contributed by atoms with Gasteiger partial charge in [-0.15, -0.1) is 6.58 Å². The van der Waals surface area contributed by atoms with Crippen LogP contribution in [0.25, 0.3) is 0 Å². The van der Waals surface area contributed by atoms with Gasteiger partial charge < -0.3 is 4.74 Å². The van der Waals surface area contributed by atoms with Gasteiger partial charge in [-0.3, -0.25) is 0 Å². The summed E-state index contributed by atoms with van der Waals surface area (Å²) in [5, 5.41) is 0. The molecule has 0 aliphatic rings. The zero-order valence-corrected chi connectivity index (χ0v) is 15.8. The van der Waals surface area contributed by atoms with Gasteiger partial charge in [0.1, 0.15) is 0 Å². The van der Waals surface area contributed by atoms with Gasteiger partial charge in [-0.1, -0.05) is 49.5 Å². The highest BCUT2D eigenvalue weighted by Crippen LogP contribution is 2.16. The standard InChI is InChI=1S/C14H27O2Si3/c1-7-14(15)16-11-19(5,6)12-18(4)9-8-17-10-13(2)3/h7H,1-2,8-12H2,3-6H3. The van der Waals surface area contributed by atoms with E-state index in [-0.39, 0.29) is 14.8 Å². The molecule has 5 heteroatoms. The summed E-state index contributed by atoms with van der Waals surface area (Å²) < 4.78 is 5.23. The quantitative estimate of drug-likeness (QED) is 0.202. The highest BCUT2D eigenvalue weighted by molar-refractivity contribution is 6.88. The van der Waals surface area contributed by atoms with E-state index in [0.29, 0.717) is 6.23 Å². The average molecular weight is 312 g/mol. The predicted octanol–water partition coefficient (Wildman–Crippen LogP) is 3.74. The number of carbonyl (C=O) groups is 1. The zero-order chi connectivity index (χ0) is 14.9. The van der Waals surface area contributed by atoms with Gasteiger partial charge in [-0.25, -0.2) is 4.79 Å². The summed E-state index contributed by atoms with van der Waals surface area (Å²) in [6.07, 6.45) is 1.88. The highest BCUT2D eigenvalue weighted by atomic mass is 28.4. The predicted molar refractivity (Wildman–Crippen MR) is 90.1 cm³/mol. The molecule has 0 rings (SSSR count). The molecular formula is C14H27O2Si3. The van der Waals surface area contributed by atoms with Gasteiger partial charge in [-0.05, 0) is 13.0 Å². The third kappa shape index (κ3) is 11.1. The van der Waals surface area contributed by atoms with E-state index in [1.165, 1.54) is 35.4 Å². The molecule has 0 aromatic rings. The summed E-state index contributed by atoms with van der Waals surface area (Å²) in [4.78, 5) is 11.1. The third-order valence-corrected chi connectivity index (χ3v) is 12.9. The molecule has 0 bridgehead atoms. The Balaban J connectivity index is 3.88. The van der Waals surface area contributed by atoms with Gasteiger partial charge in [0.25, 0.3) is 0 Å². The van der Waals surface area contributed by atoms with E-state index in [9.17, 15) is 4.79 Å². The molecule has 0 aromatic carbocycles. The van der Waals surface area contributed by atoms with Crippen LogP contribution in [-0.2, 0) is 9.53 Å². The van der Waals surface area contributed by atoms with Crippen molar-refractivity contribution in [3.05, 3.63) is 24.8 Å². The maximum atomic E-state index is 11.1. The fraction of sp³-hybridized carbons (Fsp3) is 0.643. The molecule has 19 heavy (non-hydrogen) atoms. The lowest BCUT2D eigenvalue weighted by Crippen LogP contribution is -2.38. The van der Waals surface area contributed by atoms with Gasteiger partial charge in [0.05, 0.1) is 14.3 Å². The maximum Gasteiger partial charge on any atom is 0.329 e. The number of ether oxygens (including phenoxy) is 1. The van der Waals surface area contributed by atoms with Crippen LogP contribution in [0.4, 0.5) is 0 Å². The Labute approximate surface area is 123 Å². The van der Waals surface area contributed by atoms with E-state index in [2.05, 4.69) is 39.7 Å². The molecule has 0 saturated heterocycles. The first-order valence-electron chi connectivity index (χ1n) is 6.72. The summed E-state index contributed by atoms with van der Waals surface area (Å²) in [7, 11) is -0.632. The lowest BCUT2D eigenvalue weighted by atomic mass is 10.4. The fourth-order valence-corrected chi connectivity index (χ4v) is 13.1. The zero-order valence-electron chi connectivity index (χ0n) is 12.8. The second-order valence-electron chi connectivity index (χ2n) is 5.99. The first-order valence-corrected chi connectivity index (χ1v) is 14.0. The highest BCUT2D eigenvalue weighted by Gasteiger charge is 2.25. The van der Waals surface area contributed by atoms with E-state index in [1.54, 1.807) is 0 Å². The van der Waals surface area contributed by atoms with Crippen LogP contribution >= 0.6 is 0 Å². The normalized spacial score (nSPS) is 11.4. The number of allylic oxidation sites excluding steroid dienone is 1. The van der Waals surface area contributed by atoms with Gasteiger partial charge in [0.15, 0.2) is 0 Å². The van der Waals surface area contributed by atoms with E-state index in [1.807, 2.05) is 0 Å². The summed E-state index contributed by atoms with van der Waals surface area (Å²) in [5.41, 5.74) is 2.62. The van der Waals surface area contributed by atoms with Crippen molar-refractivity contribution in [3.8, 4) is 0 Å². The van der Waals surface area contributed by atoms with Gasteiger partial charge >= 0.3 is 5.97 Å². The number of hydrogen-bond acceptors (Lipinski definition) is 2. The van der Waals surface area contributed by atoms with Crippen molar-refractivity contribution in [2.24, 2.45) is 0 Å². The lowest BCUT2D eigenvalue weighted by Gasteiger charge is -2.24. The Kier molecular flexibility index (Phi) is 9.30. The van der Waals surface area contributed by atoms with Crippen LogP contribution in [0, 0.1) is 0 Å². The van der Waals surface area contributed by atoms with Crippen LogP contribution in [0.1, 0.15) is 6.92 Å². The van der Waals surface area contributed by atoms with Crippen molar-refractivity contribution < 1.29 is 9.53 Å².